The van der Waals surface area contributed by atoms with Crippen molar-refractivity contribution in [2.24, 2.45) is 0 Å². The predicted molar refractivity (Wildman–Crippen MR) is 86.2 cm³/mol. The molecule has 1 heterocycles. The molecule has 0 unspecified atom stereocenters. The molecule has 2 aromatic rings. The van der Waals surface area contributed by atoms with Gasteiger partial charge in [-0.25, -0.2) is 4.39 Å². The van der Waals surface area contributed by atoms with E-state index in [0.29, 0.717) is 11.1 Å². The molecule has 7 heteroatoms. The third-order valence-electron chi connectivity index (χ3n) is 3.64. The minimum absolute atomic E-state index is 0.0461. The number of rotatable bonds is 3. The smallest absolute Gasteiger partial charge is 0.261 e. The van der Waals surface area contributed by atoms with E-state index in [1.807, 2.05) is 0 Å². The van der Waals surface area contributed by atoms with Crippen LogP contribution in [-0.4, -0.2) is 29.2 Å². The van der Waals surface area contributed by atoms with Gasteiger partial charge in [0.25, 0.3) is 5.91 Å². The van der Waals surface area contributed by atoms with Gasteiger partial charge in [-0.3, -0.25) is 19.3 Å². The van der Waals surface area contributed by atoms with Crippen molar-refractivity contribution in [3.05, 3.63) is 64.4 Å². The summed E-state index contributed by atoms with van der Waals surface area (Å²) in [5.74, 6) is -2.37. The van der Waals surface area contributed by atoms with Crippen molar-refractivity contribution in [2.75, 3.05) is 11.9 Å². The van der Waals surface area contributed by atoms with Crippen LogP contribution in [0.5, 0.6) is 0 Å². The van der Waals surface area contributed by atoms with E-state index in [4.69, 9.17) is 11.6 Å². The highest BCUT2D eigenvalue weighted by molar-refractivity contribution is 6.30. The largest absolute Gasteiger partial charge is 0.322 e. The quantitative estimate of drug-likeness (QED) is 0.869. The van der Waals surface area contributed by atoms with Crippen LogP contribution >= 0.6 is 11.6 Å². The first-order valence-corrected chi connectivity index (χ1v) is 7.51. The van der Waals surface area contributed by atoms with E-state index in [-0.39, 0.29) is 17.1 Å². The maximum absolute atomic E-state index is 13.7. The monoisotopic (exact) mass is 346 g/mol. The van der Waals surface area contributed by atoms with Gasteiger partial charge < -0.3 is 5.32 Å². The molecule has 0 saturated carbocycles. The van der Waals surface area contributed by atoms with Crippen LogP contribution in [0.25, 0.3) is 0 Å². The zero-order chi connectivity index (χ0) is 17.3. The number of halogens is 2. The lowest BCUT2D eigenvalue weighted by Crippen LogP contribution is -2.46. The van der Waals surface area contributed by atoms with Crippen LogP contribution in [0.4, 0.5) is 10.1 Å². The van der Waals surface area contributed by atoms with Crippen LogP contribution in [0, 0.1) is 5.82 Å². The SMILES string of the molecule is O=C(CN1C(=O)Cc2ccccc2C1=O)Nc1ccc(Cl)cc1F. The molecule has 0 fully saturated rings. The van der Waals surface area contributed by atoms with Gasteiger partial charge in [-0.2, -0.15) is 0 Å². The fourth-order valence-corrected chi connectivity index (χ4v) is 2.64. The molecule has 122 valence electrons. The van der Waals surface area contributed by atoms with E-state index in [0.717, 1.165) is 11.0 Å². The molecule has 0 aliphatic carbocycles. The number of nitrogens with one attached hydrogen (secondary N) is 1. The number of amides is 3. The van der Waals surface area contributed by atoms with Crippen molar-refractivity contribution in [1.82, 2.24) is 4.90 Å². The molecule has 3 amide bonds. The summed E-state index contributed by atoms with van der Waals surface area (Å²) in [7, 11) is 0. The number of benzene rings is 2. The lowest BCUT2D eigenvalue weighted by molar-refractivity contribution is -0.131. The maximum Gasteiger partial charge on any atom is 0.261 e. The number of hydrogen-bond donors (Lipinski definition) is 1. The van der Waals surface area contributed by atoms with E-state index >= 15 is 0 Å². The van der Waals surface area contributed by atoms with Crippen LogP contribution < -0.4 is 5.32 Å². The summed E-state index contributed by atoms with van der Waals surface area (Å²) in [5, 5.41) is 2.53. The van der Waals surface area contributed by atoms with Crippen LogP contribution in [-0.2, 0) is 16.0 Å². The third kappa shape index (κ3) is 3.14. The van der Waals surface area contributed by atoms with E-state index in [9.17, 15) is 18.8 Å². The maximum atomic E-state index is 13.7. The summed E-state index contributed by atoms with van der Waals surface area (Å²) in [5.41, 5.74) is 0.956. The zero-order valence-electron chi connectivity index (χ0n) is 12.4. The third-order valence-corrected chi connectivity index (χ3v) is 3.88. The van der Waals surface area contributed by atoms with Crippen molar-refractivity contribution >= 4 is 35.0 Å². The number of nitrogens with zero attached hydrogens (tertiary/aromatic N) is 1. The molecular weight excluding hydrogens is 335 g/mol. The zero-order valence-corrected chi connectivity index (χ0v) is 13.1. The predicted octanol–water partition coefficient (Wildman–Crippen LogP) is 2.64. The van der Waals surface area contributed by atoms with Crippen molar-refractivity contribution in [1.29, 1.82) is 0 Å². The second kappa shape index (κ2) is 6.41. The molecule has 0 spiro atoms. The highest BCUT2D eigenvalue weighted by atomic mass is 35.5. The lowest BCUT2D eigenvalue weighted by atomic mass is 9.98. The van der Waals surface area contributed by atoms with Gasteiger partial charge in [0, 0.05) is 10.6 Å². The molecule has 1 N–H and O–H groups in total. The molecule has 24 heavy (non-hydrogen) atoms. The fraction of sp³-hybridized carbons (Fsp3) is 0.118. The molecule has 0 saturated heterocycles. The van der Waals surface area contributed by atoms with Crippen LogP contribution in [0.3, 0.4) is 0 Å². The summed E-state index contributed by atoms with van der Waals surface area (Å²) >= 11 is 5.64. The standard InChI is InChI=1S/C17H12ClFN2O3/c18-11-5-6-14(13(19)8-11)20-15(22)9-21-16(23)7-10-3-1-2-4-12(10)17(21)24/h1-6,8H,7,9H2,(H,20,22). The second-order valence-electron chi connectivity index (χ2n) is 5.29. The van der Waals surface area contributed by atoms with Crippen molar-refractivity contribution in [3.8, 4) is 0 Å². The normalized spacial score (nSPS) is 13.7. The first-order valence-electron chi connectivity index (χ1n) is 7.13. The summed E-state index contributed by atoms with van der Waals surface area (Å²) < 4.78 is 13.7. The molecule has 2 aromatic carbocycles. The molecule has 5 nitrogen and oxygen atoms in total. The van der Waals surface area contributed by atoms with Gasteiger partial charge in [-0.05, 0) is 29.8 Å². The van der Waals surface area contributed by atoms with E-state index in [1.54, 1.807) is 24.3 Å². The van der Waals surface area contributed by atoms with Gasteiger partial charge in [-0.1, -0.05) is 29.8 Å². The topological polar surface area (TPSA) is 66.5 Å². The minimum atomic E-state index is -0.697. The van der Waals surface area contributed by atoms with Gasteiger partial charge in [0.2, 0.25) is 11.8 Å². The summed E-state index contributed by atoms with van der Waals surface area (Å²) in [4.78, 5) is 37.4. The number of carbonyl (C=O) groups excluding carboxylic acids is 3. The molecule has 0 aromatic heterocycles. The first kappa shape index (κ1) is 16.1. The number of fused-ring (bicyclic) bond motifs is 1. The molecule has 1 aliphatic heterocycles. The molecule has 0 atom stereocenters. The number of anilines is 1. The highest BCUT2D eigenvalue weighted by Crippen LogP contribution is 2.21. The average Bonchev–Trinajstić information content (AvgIpc) is 2.54. The Labute approximate surface area is 142 Å². The average molecular weight is 347 g/mol. The van der Waals surface area contributed by atoms with E-state index in [1.165, 1.54) is 12.1 Å². The Morgan fingerprint density at radius 2 is 1.96 bits per heavy atom. The Morgan fingerprint density at radius 3 is 2.71 bits per heavy atom. The Kier molecular flexibility index (Phi) is 4.31. The first-order chi connectivity index (χ1) is 11.5. The number of imide groups is 1. The van der Waals surface area contributed by atoms with Crippen LogP contribution in [0.15, 0.2) is 42.5 Å². The Bertz CT molecular complexity index is 853. The molecule has 3 rings (SSSR count). The number of carbonyl (C=O) groups is 3. The van der Waals surface area contributed by atoms with Gasteiger partial charge in [0.15, 0.2) is 0 Å². The van der Waals surface area contributed by atoms with Crippen molar-refractivity contribution in [2.45, 2.75) is 6.42 Å². The summed E-state index contributed by atoms with van der Waals surface area (Å²) in [6.45, 7) is -0.478. The van der Waals surface area contributed by atoms with Gasteiger partial charge in [-0.15, -0.1) is 0 Å². The lowest BCUT2D eigenvalue weighted by Gasteiger charge is -2.26. The Morgan fingerprint density at radius 1 is 1.21 bits per heavy atom. The van der Waals surface area contributed by atoms with Crippen LogP contribution in [0.1, 0.15) is 15.9 Å². The summed E-state index contributed by atoms with van der Waals surface area (Å²) in [6.07, 6.45) is 0.0461. The van der Waals surface area contributed by atoms with Crippen molar-refractivity contribution in [3.63, 3.8) is 0 Å². The highest BCUT2D eigenvalue weighted by Gasteiger charge is 2.32. The Hall–Kier alpha value is -2.73. The van der Waals surface area contributed by atoms with Gasteiger partial charge >= 0.3 is 0 Å². The minimum Gasteiger partial charge on any atom is -0.322 e. The Balaban J connectivity index is 1.75. The molecular formula is C17H12ClFN2O3. The van der Waals surface area contributed by atoms with Gasteiger partial charge in [0.1, 0.15) is 12.4 Å². The second-order valence-corrected chi connectivity index (χ2v) is 5.73. The molecule has 0 bridgehead atoms. The fourth-order valence-electron chi connectivity index (χ4n) is 2.48. The van der Waals surface area contributed by atoms with Crippen molar-refractivity contribution < 1.29 is 18.8 Å². The molecule has 0 radical (unpaired) electrons. The van der Waals surface area contributed by atoms with Crippen LogP contribution in [0.2, 0.25) is 5.02 Å². The molecule has 1 aliphatic rings. The summed E-state index contributed by atoms with van der Waals surface area (Å²) in [6, 6.07) is 10.5. The van der Waals surface area contributed by atoms with E-state index in [2.05, 4.69) is 5.32 Å². The van der Waals surface area contributed by atoms with Gasteiger partial charge in [0.05, 0.1) is 12.1 Å². The van der Waals surface area contributed by atoms with E-state index < -0.39 is 30.1 Å². The number of hydrogen-bond acceptors (Lipinski definition) is 3.